The van der Waals surface area contributed by atoms with Crippen molar-refractivity contribution in [3.05, 3.63) is 0 Å². The molecule has 1 fully saturated rings. The highest BCUT2D eigenvalue weighted by atomic mass is 32.2. The third-order valence-electron chi connectivity index (χ3n) is 1.98. The largest absolute Gasteiger partial charge is 0.355 e. The number of rotatable bonds is 4. The van der Waals surface area contributed by atoms with E-state index in [1.165, 1.54) is 0 Å². The van der Waals surface area contributed by atoms with E-state index >= 15 is 0 Å². The average Bonchev–Trinajstić information content (AvgIpc) is 2.09. The van der Waals surface area contributed by atoms with Crippen LogP contribution in [0.25, 0.3) is 0 Å². The summed E-state index contributed by atoms with van der Waals surface area (Å²) in [4.78, 5) is 11.2. The lowest BCUT2D eigenvalue weighted by Gasteiger charge is -2.22. The van der Waals surface area contributed by atoms with Crippen LogP contribution < -0.4 is 10.6 Å². The number of thioether (sulfide) groups is 1. The molecule has 1 atom stereocenters. The number of hydrogen-bond donors (Lipinski definition) is 2. The lowest BCUT2D eigenvalue weighted by molar-refractivity contribution is -0.124. The summed E-state index contributed by atoms with van der Waals surface area (Å²) < 4.78 is 0. The van der Waals surface area contributed by atoms with E-state index in [-0.39, 0.29) is 11.9 Å². The zero-order valence-corrected chi connectivity index (χ0v) is 8.25. The van der Waals surface area contributed by atoms with Gasteiger partial charge in [-0.05, 0) is 19.1 Å². The van der Waals surface area contributed by atoms with Gasteiger partial charge in [-0.3, -0.25) is 4.79 Å². The highest BCUT2D eigenvalue weighted by Gasteiger charge is 2.20. The van der Waals surface area contributed by atoms with Crippen molar-refractivity contribution < 1.29 is 4.79 Å². The Hall–Kier alpha value is -0.220. The number of carbonyl (C=O) groups is 1. The highest BCUT2D eigenvalue weighted by molar-refractivity contribution is 7.98. The maximum atomic E-state index is 11.2. The molecule has 12 heavy (non-hydrogen) atoms. The molecule has 3 nitrogen and oxygen atoms in total. The molecule has 1 heterocycles. The monoisotopic (exact) mass is 188 g/mol. The average molecular weight is 188 g/mol. The SMILES string of the molecule is CSCCNC1CCCNC1=O. The number of hydrogen-bond acceptors (Lipinski definition) is 3. The summed E-state index contributed by atoms with van der Waals surface area (Å²) in [5.41, 5.74) is 0. The van der Waals surface area contributed by atoms with Crippen molar-refractivity contribution in [2.24, 2.45) is 0 Å². The van der Waals surface area contributed by atoms with Crippen LogP contribution in [-0.4, -0.2) is 37.0 Å². The third kappa shape index (κ3) is 3.03. The van der Waals surface area contributed by atoms with Gasteiger partial charge in [-0.25, -0.2) is 0 Å². The predicted molar refractivity (Wildman–Crippen MR) is 52.4 cm³/mol. The lowest BCUT2D eigenvalue weighted by Crippen LogP contribution is -2.48. The van der Waals surface area contributed by atoms with Crippen molar-refractivity contribution >= 4 is 17.7 Å². The van der Waals surface area contributed by atoms with Crippen LogP contribution in [0, 0.1) is 0 Å². The van der Waals surface area contributed by atoms with Crippen molar-refractivity contribution in [1.29, 1.82) is 0 Å². The Kier molecular flexibility index (Phi) is 4.46. The fourth-order valence-corrected chi connectivity index (χ4v) is 1.62. The number of piperidine rings is 1. The molecule has 1 rings (SSSR count). The van der Waals surface area contributed by atoms with Gasteiger partial charge < -0.3 is 10.6 Å². The normalized spacial score (nSPS) is 23.8. The lowest BCUT2D eigenvalue weighted by atomic mass is 10.1. The quantitative estimate of drug-likeness (QED) is 0.620. The number of carbonyl (C=O) groups excluding carboxylic acids is 1. The molecule has 0 aromatic carbocycles. The van der Waals surface area contributed by atoms with E-state index < -0.39 is 0 Å². The molecule has 0 saturated carbocycles. The summed E-state index contributed by atoms with van der Waals surface area (Å²) in [6.45, 7) is 1.78. The van der Waals surface area contributed by atoms with Gasteiger partial charge in [-0.15, -0.1) is 0 Å². The van der Waals surface area contributed by atoms with Crippen LogP contribution in [0.5, 0.6) is 0 Å². The van der Waals surface area contributed by atoms with Crippen LogP contribution in [0.4, 0.5) is 0 Å². The van der Waals surface area contributed by atoms with Crippen molar-refractivity contribution in [3.8, 4) is 0 Å². The number of amides is 1. The first kappa shape index (κ1) is 9.86. The molecular formula is C8H16N2OS. The highest BCUT2D eigenvalue weighted by Crippen LogP contribution is 2.02. The van der Waals surface area contributed by atoms with Gasteiger partial charge in [0, 0.05) is 18.8 Å². The molecule has 0 bridgehead atoms. The second-order valence-electron chi connectivity index (χ2n) is 2.93. The standard InChI is InChI=1S/C8H16N2OS/c1-12-6-5-9-7-3-2-4-10-8(7)11/h7,9H,2-6H2,1H3,(H,10,11). The molecule has 1 aliphatic rings. The molecule has 1 amide bonds. The van der Waals surface area contributed by atoms with Gasteiger partial charge in [0.25, 0.3) is 0 Å². The topological polar surface area (TPSA) is 41.1 Å². The molecule has 2 N–H and O–H groups in total. The summed E-state index contributed by atoms with van der Waals surface area (Å²) in [6, 6.07) is 0.0610. The van der Waals surface area contributed by atoms with Gasteiger partial charge in [0.1, 0.15) is 0 Å². The van der Waals surface area contributed by atoms with E-state index in [9.17, 15) is 4.79 Å². The van der Waals surface area contributed by atoms with E-state index in [1.54, 1.807) is 11.8 Å². The van der Waals surface area contributed by atoms with Crippen LogP contribution in [-0.2, 0) is 4.79 Å². The Morgan fingerprint density at radius 2 is 2.58 bits per heavy atom. The molecule has 0 aliphatic carbocycles. The van der Waals surface area contributed by atoms with Crippen LogP contribution in [0.1, 0.15) is 12.8 Å². The van der Waals surface area contributed by atoms with Gasteiger partial charge in [0.2, 0.25) is 5.91 Å². The summed E-state index contributed by atoms with van der Waals surface area (Å²) in [5, 5.41) is 6.09. The van der Waals surface area contributed by atoms with Crippen molar-refractivity contribution in [3.63, 3.8) is 0 Å². The Labute approximate surface area is 77.7 Å². The Morgan fingerprint density at radius 1 is 1.75 bits per heavy atom. The van der Waals surface area contributed by atoms with E-state index in [4.69, 9.17) is 0 Å². The summed E-state index contributed by atoms with van der Waals surface area (Å²) in [7, 11) is 0. The molecule has 0 radical (unpaired) electrons. The van der Waals surface area contributed by atoms with Crippen LogP contribution in [0.15, 0.2) is 0 Å². The fraction of sp³-hybridized carbons (Fsp3) is 0.875. The fourth-order valence-electron chi connectivity index (χ4n) is 1.30. The molecular weight excluding hydrogens is 172 g/mol. The van der Waals surface area contributed by atoms with Gasteiger partial charge in [-0.2, -0.15) is 11.8 Å². The van der Waals surface area contributed by atoms with Gasteiger partial charge in [-0.1, -0.05) is 0 Å². The molecule has 0 aromatic heterocycles. The third-order valence-corrected chi connectivity index (χ3v) is 2.59. The zero-order chi connectivity index (χ0) is 8.81. The van der Waals surface area contributed by atoms with Crippen LogP contribution >= 0.6 is 11.8 Å². The summed E-state index contributed by atoms with van der Waals surface area (Å²) in [5.74, 6) is 1.24. The van der Waals surface area contributed by atoms with Gasteiger partial charge >= 0.3 is 0 Å². The molecule has 1 unspecified atom stereocenters. The minimum Gasteiger partial charge on any atom is -0.355 e. The predicted octanol–water partition coefficient (Wildman–Crippen LogP) is 0.218. The maximum absolute atomic E-state index is 11.2. The molecule has 1 saturated heterocycles. The van der Waals surface area contributed by atoms with Crippen molar-refractivity contribution in [1.82, 2.24) is 10.6 Å². The number of nitrogens with one attached hydrogen (secondary N) is 2. The molecule has 1 aliphatic heterocycles. The van der Waals surface area contributed by atoms with Crippen molar-refractivity contribution in [2.45, 2.75) is 18.9 Å². The first-order valence-electron chi connectivity index (χ1n) is 4.34. The van der Waals surface area contributed by atoms with Crippen LogP contribution in [0.3, 0.4) is 0 Å². The molecule has 0 aromatic rings. The second-order valence-corrected chi connectivity index (χ2v) is 3.92. The van der Waals surface area contributed by atoms with Crippen molar-refractivity contribution in [2.75, 3.05) is 25.1 Å². The van der Waals surface area contributed by atoms with E-state index in [1.807, 2.05) is 0 Å². The van der Waals surface area contributed by atoms with E-state index in [0.717, 1.165) is 31.7 Å². The second kappa shape index (κ2) is 5.43. The first-order chi connectivity index (χ1) is 5.84. The Balaban J connectivity index is 2.16. The molecule has 70 valence electrons. The Bertz CT molecular complexity index is 152. The van der Waals surface area contributed by atoms with E-state index in [2.05, 4.69) is 16.9 Å². The summed E-state index contributed by atoms with van der Waals surface area (Å²) >= 11 is 1.80. The molecule has 0 spiro atoms. The smallest absolute Gasteiger partial charge is 0.237 e. The van der Waals surface area contributed by atoms with Crippen LogP contribution in [0.2, 0.25) is 0 Å². The van der Waals surface area contributed by atoms with Gasteiger partial charge in [0.05, 0.1) is 6.04 Å². The van der Waals surface area contributed by atoms with E-state index in [0.29, 0.717) is 0 Å². The minimum atomic E-state index is 0.0610. The first-order valence-corrected chi connectivity index (χ1v) is 5.74. The molecule has 4 heteroatoms. The minimum absolute atomic E-state index is 0.0610. The summed E-state index contributed by atoms with van der Waals surface area (Å²) in [6.07, 6.45) is 4.16. The Morgan fingerprint density at radius 3 is 3.25 bits per heavy atom. The maximum Gasteiger partial charge on any atom is 0.237 e. The van der Waals surface area contributed by atoms with Gasteiger partial charge in [0.15, 0.2) is 0 Å². The zero-order valence-electron chi connectivity index (χ0n) is 7.43.